The third kappa shape index (κ3) is 2.86. The first-order valence-corrected chi connectivity index (χ1v) is 7.93. The number of rotatable bonds is 3. The Morgan fingerprint density at radius 1 is 1.33 bits per heavy atom. The molecule has 0 amide bonds. The van der Waals surface area contributed by atoms with E-state index in [0.29, 0.717) is 18.0 Å². The molecule has 21 heavy (non-hydrogen) atoms. The molecular weight excluding hydrogens is 262 g/mol. The third-order valence-electron chi connectivity index (χ3n) is 4.78. The molecule has 0 N–H and O–H groups in total. The number of likely N-dealkylation sites (tertiary alicyclic amines) is 1. The van der Waals surface area contributed by atoms with E-state index in [4.69, 9.17) is 5.26 Å². The van der Waals surface area contributed by atoms with Crippen LogP contribution in [0.4, 0.5) is 5.82 Å². The van der Waals surface area contributed by atoms with Crippen LogP contribution in [0.25, 0.3) is 0 Å². The molecule has 2 unspecified atom stereocenters. The second-order valence-electron chi connectivity index (χ2n) is 6.45. The quantitative estimate of drug-likeness (QED) is 0.850. The van der Waals surface area contributed by atoms with Gasteiger partial charge in [0.05, 0.1) is 0 Å². The van der Waals surface area contributed by atoms with Crippen molar-refractivity contribution in [1.29, 1.82) is 5.26 Å². The Morgan fingerprint density at radius 2 is 2.10 bits per heavy atom. The van der Waals surface area contributed by atoms with E-state index >= 15 is 0 Å². The van der Waals surface area contributed by atoms with Gasteiger partial charge in [0.2, 0.25) is 5.82 Å². The van der Waals surface area contributed by atoms with Gasteiger partial charge in [-0.25, -0.2) is 9.97 Å². The van der Waals surface area contributed by atoms with Gasteiger partial charge in [-0.3, -0.25) is 4.90 Å². The van der Waals surface area contributed by atoms with E-state index in [1.54, 1.807) is 6.20 Å². The van der Waals surface area contributed by atoms with Crippen molar-refractivity contribution in [2.24, 2.45) is 5.92 Å². The van der Waals surface area contributed by atoms with E-state index in [1.165, 1.54) is 32.4 Å². The first kappa shape index (κ1) is 14.3. The van der Waals surface area contributed by atoms with Crippen molar-refractivity contribution in [2.45, 2.75) is 45.2 Å². The van der Waals surface area contributed by atoms with E-state index in [1.807, 2.05) is 12.1 Å². The van der Waals surface area contributed by atoms with E-state index in [9.17, 15) is 0 Å². The van der Waals surface area contributed by atoms with Crippen LogP contribution >= 0.6 is 0 Å². The van der Waals surface area contributed by atoms with Gasteiger partial charge in [-0.2, -0.15) is 5.26 Å². The average molecular weight is 285 g/mol. The largest absolute Gasteiger partial charge is 0.352 e. The number of nitrogens with zero attached hydrogens (tertiary/aromatic N) is 5. The van der Waals surface area contributed by atoms with Crippen LogP contribution in [0.5, 0.6) is 0 Å². The lowest BCUT2D eigenvalue weighted by Gasteiger charge is -2.28. The van der Waals surface area contributed by atoms with Crippen LogP contribution in [0.1, 0.15) is 38.9 Å². The molecule has 2 saturated heterocycles. The summed E-state index contributed by atoms with van der Waals surface area (Å²) in [5.41, 5.74) is 0. The van der Waals surface area contributed by atoms with Crippen molar-refractivity contribution in [2.75, 3.05) is 24.5 Å². The Hall–Kier alpha value is -1.67. The topological polar surface area (TPSA) is 56.0 Å². The molecular formula is C16H23N5. The summed E-state index contributed by atoms with van der Waals surface area (Å²) in [6.07, 6.45) is 5.55. The van der Waals surface area contributed by atoms with Gasteiger partial charge >= 0.3 is 0 Å². The normalized spacial score (nSPS) is 26.5. The summed E-state index contributed by atoms with van der Waals surface area (Å²) in [7, 11) is 0. The molecule has 0 spiro atoms. The lowest BCUT2D eigenvalue weighted by atomic mass is 10.00. The molecule has 5 heteroatoms. The second-order valence-corrected chi connectivity index (χ2v) is 6.45. The maximum Gasteiger partial charge on any atom is 0.234 e. The summed E-state index contributed by atoms with van der Waals surface area (Å²) < 4.78 is 0. The van der Waals surface area contributed by atoms with Crippen LogP contribution in [-0.2, 0) is 0 Å². The van der Waals surface area contributed by atoms with Crippen molar-refractivity contribution >= 4 is 5.82 Å². The monoisotopic (exact) mass is 285 g/mol. The molecule has 1 aromatic heterocycles. The maximum atomic E-state index is 9.00. The Kier molecular flexibility index (Phi) is 4.07. The molecule has 0 saturated carbocycles. The van der Waals surface area contributed by atoms with Gasteiger partial charge in [0.25, 0.3) is 0 Å². The maximum absolute atomic E-state index is 9.00. The fraction of sp³-hybridized carbons (Fsp3) is 0.688. The van der Waals surface area contributed by atoms with Crippen LogP contribution < -0.4 is 4.90 Å². The lowest BCUT2D eigenvalue weighted by molar-refractivity contribution is 0.252. The van der Waals surface area contributed by atoms with Gasteiger partial charge in [0.1, 0.15) is 11.9 Å². The van der Waals surface area contributed by atoms with Crippen LogP contribution in [0.2, 0.25) is 0 Å². The summed E-state index contributed by atoms with van der Waals surface area (Å²) in [4.78, 5) is 13.4. The van der Waals surface area contributed by atoms with Crippen molar-refractivity contribution < 1.29 is 0 Å². The zero-order valence-electron chi connectivity index (χ0n) is 12.9. The Bertz CT molecular complexity index is 530. The van der Waals surface area contributed by atoms with Crippen LogP contribution in [0.3, 0.4) is 0 Å². The van der Waals surface area contributed by atoms with E-state index in [-0.39, 0.29) is 5.82 Å². The first-order chi connectivity index (χ1) is 10.2. The van der Waals surface area contributed by atoms with Gasteiger partial charge in [-0.1, -0.05) is 13.8 Å². The zero-order chi connectivity index (χ0) is 14.8. The molecule has 0 aromatic carbocycles. The minimum Gasteiger partial charge on any atom is -0.352 e. The van der Waals surface area contributed by atoms with Gasteiger partial charge < -0.3 is 4.90 Å². The minimum atomic E-state index is 0.264. The third-order valence-corrected chi connectivity index (χ3v) is 4.78. The summed E-state index contributed by atoms with van der Waals surface area (Å²) in [5.74, 6) is 1.75. The van der Waals surface area contributed by atoms with Gasteiger partial charge in [-0.15, -0.1) is 0 Å². The fourth-order valence-electron chi connectivity index (χ4n) is 3.67. The predicted molar refractivity (Wildman–Crippen MR) is 81.9 cm³/mol. The van der Waals surface area contributed by atoms with Crippen molar-refractivity contribution in [3.63, 3.8) is 0 Å². The Labute approximate surface area is 126 Å². The standard InChI is InChI=1S/C16H23N5/c1-12(2)14-9-13(20-7-3-4-8-20)11-21(14)16-5-6-18-15(10-17)19-16/h5-6,12-14H,3-4,7-9,11H2,1-2H3. The molecule has 5 nitrogen and oxygen atoms in total. The highest BCUT2D eigenvalue weighted by atomic mass is 15.3. The average Bonchev–Trinajstić information content (AvgIpc) is 3.16. The molecule has 112 valence electrons. The molecule has 1 aromatic rings. The second kappa shape index (κ2) is 5.98. The fourth-order valence-corrected chi connectivity index (χ4v) is 3.67. The van der Waals surface area contributed by atoms with Gasteiger partial charge in [0, 0.05) is 24.8 Å². The molecule has 2 atom stereocenters. The highest BCUT2D eigenvalue weighted by Gasteiger charge is 2.38. The first-order valence-electron chi connectivity index (χ1n) is 7.93. The van der Waals surface area contributed by atoms with Crippen molar-refractivity contribution in [1.82, 2.24) is 14.9 Å². The molecule has 2 fully saturated rings. The van der Waals surface area contributed by atoms with Gasteiger partial charge in [-0.05, 0) is 44.3 Å². The molecule has 3 heterocycles. The van der Waals surface area contributed by atoms with Crippen molar-refractivity contribution in [3.05, 3.63) is 18.1 Å². The Morgan fingerprint density at radius 3 is 2.76 bits per heavy atom. The zero-order valence-corrected chi connectivity index (χ0v) is 12.9. The van der Waals surface area contributed by atoms with E-state index < -0.39 is 0 Å². The van der Waals surface area contributed by atoms with Crippen LogP contribution in [0.15, 0.2) is 12.3 Å². The summed E-state index contributed by atoms with van der Waals surface area (Å²) in [5, 5.41) is 9.00. The molecule has 3 rings (SSSR count). The van der Waals surface area contributed by atoms with Gasteiger partial charge in [0.15, 0.2) is 0 Å². The Balaban J connectivity index is 1.82. The van der Waals surface area contributed by atoms with Crippen LogP contribution in [0, 0.1) is 17.2 Å². The van der Waals surface area contributed by atoms with E-state index in [2.05, 4.69) is 33.6 Å². The number of hydrogen-bond acceptors (Lipinski definition) is 5. The smallest absolute Gasteiger partial charge is 0.234 e. The molecule has 2 aliphatic rings. The number of nitriles is 1. The molecule has 0 bridgehead atoms. The minimum absolute atomic E-state index is 0.264. The summed E-state index contributed by atoms with van der Waals surface area (Å²) in [6, 6.07) is 5.10. The molecule has 2 aliphatic heterocycles. The molecule has 0 aliphatic carbocycles. The predicted octanol–water partition coefficient (Wildman–Crippen LogP) is 2.05. The molecule has 0 radical (unpaired) electrons. The van der Waals surface area contributed by atoms with Crippen LogP contribution in [-0.4, -0.2) is 46.6 Å². The number of hydrogen-bond donors (Lipinski definition) is 0. The number of aromatic nitrogens is 2. The summed E-state index contributed by atoms with van der Waals surface area (Å²) >= 11 is 0. The van der Waals surface area contributed by atoms with E-state index in [0.717, 1.165) is 12.4 Å². The van der Waals surface area contributed by atoms with Crippen molar-refractivity contribution in [3.8, 4) is 6.07 Å². The SMILES string of the molecule is CC(C)C1CC(N2CCCC2)CN1c1ccnc(C#N)n1. The highest BCUT2D eigenvalue weighted by molar-refractivity contribution is 5.42. The summed E-state index contributed by atoms with van der Waals surface area (Å²) in [6.45, 7) is 8.03. The highest BCUT2D eigenvalue weighted by Crippen LogP contribution is 2.32. The lowest BCUT2D eigenvalue weighted by Crippen LogP contribution is -2.36. The number of anilines is 1.